The SMILES string of the molecule is CCOCCC1(CNC(=NC)N2CCN(c3cc(F)ccc3F)CC2)CC1.I. The first-order valence-electron chi connectivity index (χ1n) is 9.80. The van der Waals surface area contributed by atoms with Gasteiger partial charge in [-0.1, -0.05) is 0 Å². The van der Waals surface area contributed by atoms with Gasteiger partial charge in [-0.2, -0.15) is 0 Å². The minimum absolute atomic E-state index is 0. The molecule has 5 nitrogen and oxygen atoms in total. The fourth-order valence-corrected chi connectivity index (χ4v) is 3.61. The number of rotatable bonds is 7. The van der Waals surface area contributed by atoms with Gasteiger partial charge in [-0.25, -0.2) is 8.78 Å². The number of ether oxygens (including phenoxy) is 1. The summed E-state index contributed by atoms with van der Waals surface area (Å²) in [6.07, 6.45) is 3.55. The van der Waals surface area contributed by atoms with Gasteiger partial charge in [0.2, 0.25) is 0 Å². The second-order valence-electron chi connectivity index (χ2n) is 7.42. The first kappa shape index (κ1) is 23.1. The quantitative estimate of drug-likeness (QED) is 0.265. The van der Waals surface area contributed by atoms with Crippen molar-refractivity contribution in [3.05, 3.63) is 29.8 Å². The Labute approximate surface area is 183 Å². The van der Waals surface area contributed by atoms with Gasteiger partial charge in [0.25, 0.3) is 0 Å². The van der Waals surface area contributed by atoms with Crippen LogP contribution >= 0.6 is 24.0 Å². The molecule has 0 unspecified atom stereocenters. The third kappa shape index (κ3) is 5.92. The molecular formula is C20H31F2IN4O. The van der Waals surface area contributed by atoms with E-state index in [1.165, 1.54) is 25.0 Å². The van der Waals surface area contributed by atoms with Crippen molar-refractivity contribution in [2.45, 2.75) is 26.2 Å². The molecule has 28 heavy (non-hydrogen) atoms. The molecule has 3 rings (SSSR count). The Kier molecular flexibility index (Phi) is 8.73. The van der Waals surface area contributed by atoms with E-state index >= 15 is 0 Å². The molecule has 2 fully saturated rings. The van der Waals surface area contributed by atoms with Crippen molar-refractivity contribution in [1.82, 2.24) is 10.2 Å². The number of aliphatic imine (C=N–C) groups is 1. The van der Waals surface area contributed by atoms with Crippen LogP contribution in [-0.2, 0) is 4.74 Å². The normalized spacial score (nSPS) is 18.6. The molecule has 1 aromatic carbocycles. The number of piperazine rings is 1. The molecule has 158 valence electrons. The van der Waals surface area contributed by atoms with E-state index in [-0.39, 0.29) is 29.8 Å². The molecule has 1 saturated heterocycles. The summed E-state index contributed by atoms with van der Waals surface area (Å²) in [6.45, 7) is 7.23. The Morgan fingerprint density at radius 1 is 1.21 bits per heavy atom. The third-order valence-corrected chi connectivity index (χ3v) is 5.60. The van der Waals surface area contributed by atoms with E-state index in [2.05, 4.69) is 15.2 Å². The number of hydrogen-bond donors (Lipinski definition) is 1. The van der Waals surface area contributed by atoms with Crippen molar-refractivity contribution < 1.29 is 13.5 Å². The van der Waals surface area contributed by atoms with Crippen LogP contribution in [-0.4, -0.2) is 63.8 Å². The van der Waals surface area contributed by atoms with Crippen LogP contribution in [0.15, 0.2) is 23.2 Å². The van der Waals surface area contributed by atoms with Crippen LogP contribution in [0.3, 0.4) is 0 Å². The molecule has 0 atom stereocenters. The van der Waals surface area contributed by atoms with Crippen LogP contribution < -0.4 is 10.2 Å². The van der Waals surface area contributed by atoms with Crippen LogP contribution in [0.25, 0.3) is 0 Å². The Morgan fingerprint density at radius 2 is 1.93 bits per heavy atom. The highest BCUT2D eigenvalue weighted by Gasteiger charge is 2.42. The summed E-state index contributed by atoms with van der Waals surface area (Å²) in [5.41, 5.74) is 0.683. The van der Waals surface area contributed by atoms with E-state index in [1.807, 2.05) is 11.8 Å². The van der Waals surface area contributed by atoms with Gasteiger partial charge in [-0.05, 0) is 43.7 Å². The van der Waals surface area contributed by atoms with Crippen molar-refractivity contribution in [2.75, 3.05) is 57.9 Å². The molecule has 0 aromatic heterocycles. The van der Waals surface area contributed by atoms with Crippen LogP contribution in [0.5, 0.6) is 0 Å². The predicted octanol–water partition coefficient (Wildman–Crippen LogP) is 3.49. The van der Waals surface area contributed by atoms with E-state index in [1.54, 1.807) is 7.05 Å². The number of guanidine groups is 1. The van der Waals surface area contributed by atoms with Crippen molar-refractivity contribution in [3.63, 3.8) is 0 Å². The van der Waals surface area contributed by atoms with Gasteiger partial charge in [-0.3, -0.25) is 4.99 Å². The number of benzene rings is 1. The molecular weight excluding hydrogens is 477 g/mol. The van der Waals surface area contributed by atoms with Crippen LogP contribution in [0.4, 0.5) is 14.5 Å². The van der Waals surface area contributed by atoms with Crippen LogP contribution in [0.1, 0.15) is 26.2 Å². The summed E-state index contributed by atoms with van der Waals surface area (Å²) in [7, 11) is 1.79. The van der Waals surface area contributed by atoms with Crippen LogP contribution in [0, 0.1) is 17.0 Å². The standard InChI is InChI=1S/C20H30F2N4O.HI/c1-3-27-13-8-20(6-7-20)15-24-19(23-2)26-11-9-25(10-12-26)18-14-16(21)4-5-17(18)22;/h4-5,14H,3,6-13,15H2,1-2H3,(H,23,24);1H. The average molecular weight is 508 g/mol. The third-order valence-electron chi connectivity index (χ3n) is 5.60. The maximum absolute atomic E-state index is 14.0. The van der Waals surface area contributed by atoms with Crippen molar-refractivity contribution in [1.29, 1.82) is 0 Å². The zero-order chi connectivity index (χ0) is 19.3. The molecule has 0 amide bonds. The fraction of sp³-hybridized carbons (Fsp3) is 0.650. The van der Waals surface area contributed by atoms with Gasteiger partial charge in [0.1, 0.15) is 11.6 Å². The lowest BCUT2D eigenvalue weighted by Gasteiger charge is -2.38. The Hall–Kier alpha value is -1.16. The van der Waals surface area contributed by atoms with E-state index in [0.717, 1.165) is 51.3 Å². The molecule has 1 aromatic rings. The second kappa shape index (κ2) is 10.6. The molecule has 1 saturated carbocycles. The summed E-state index contributed by atoms with van der Waals surface area (Å²) in [5.74, 6) is 0.0995. The van der Waals surface area contributed by atoms with Gasteiger partial charge in [-0.15, -0.1) is 24.0 Å². The zero-order valence-corrected chi connectivity index (χ0v) is 19.0. The Morgan fingerprint density at radius 3 is 2.54 bits per heavy atom. The van der Waals surface area contributed by atoms with Crippen molar-refractivity contribution >= 4 is 35.6 Å². The predicted molar refractivity (Wildman–Crippen MR) is 120 cm³/mol. The summed E-state index contributed by atoms with van der Waals surface area (Å²) in [6, 6.07) is 3.61. The largest absolute Gasteiger partial charge is 0.382 e. The number of hydrogen-bond acceptors (Lipinski definition) is 3. The summed E-state index contributed by atoms with van der Waals surface area (Å²) < 4.78 is 32.9. The van der Waals surface area contributed by atoms with E-state index in [9.17, 15) is 8.78 Å². The molecule has 1 N–H and O–H groups in total. The van der Waals surface area contributed by atoms with Gasteiger partial charge in [0, 0.05) is 59.1 Å². The molecule has 0 spiro atoms. The zero-order valence-electron chi connectivity index (χ0n) is 16.7. The molecule has 0 radical (unpaired) electrons. The highest BCUT2D eigenvalue weighted by atomic mass is 127. The first-order chi connectivity index (χ1) is 13.1. The average Bonchev–Trinajstić information content (AvgIpc) is 3.45. The van der Waals surface area contributed by atoms with E-state index in [4.69, 9.17) is 4.74 Å². The Bertz CT molecular complexity index is 662. The van der Waals surface area contributed by atoms with Gasteiger partial charge >= 0.3 is 0 Å². The van der Waals surface area contributed by atoms with Gasteiger partial charge in [0.05, 0.1) is 5.69 Å². The number of nitrogens with zero attached hydrogens (tertiary/aromatic N) is 3. The molecule has 8 heteroatoms. The first-order valence-corrected chi connectivity index (χ1v) is 9.80. The lowest BCUT2D eigenvalue weighted by Crippen LogP contribution is -2.53. The lowest BCUT2D eigenvalue weighted by molar-refractivity contribution is 0.128. The fourth-order valence-electron chi connectivity index (χ4n) is 3.61. The summed E-state index contributed by atoms with van der Waals surface area (Å²) in [4.78, 5) is 8.50. The lowest BCUT2D eigenvalue weighted by atomic mass is 10.0. The minimum Gasteiger partial charge on any atom is -0.382 e. The highest BCUT2D eigenvalue weighted by Crippen LogP contribution is 2.48. The van der Waals surface area contributed by atoms with Crippen molar-refractivity contribution in [2.24, 2.45) is 10.4 Å². The topological polar surface area (TPSA) is 40.1 Å². The maximum atomic E-state index is 14.0. The van der Waals surface area contributed by atoms with Crippen molar-refractivity contribution in [3.8, 4) is 0 Å². The second-order valence-corrected chi connectivity index (χ2v) is 7.42. The molecule has 2 aliphatic rings. The van der Waals surface area contributed by atoms with Crippen LogP contribution in [0.2, 0.25) is 0 Å². The molecule has 1 aliphatic heterocycles. The number of nitrogens with one attached hydrogen (secondary N) is 1. The van der Waals surface area contributed by atoms with E-state index in [0.29, 0.717) is 24.2 Å². The number of anilines is 1. The molecule has 1 aliphatic carbocycles. The molecule has 0 bridgehead atoms. The summed E-state index contributed by atoms with van der Waals surface area (Å²) >= 11 is 0. The number of halogens is 3. The highest BCUT2D eigenvalue weighted by molar-refractivity contribution is 14.0. The Balaban J connectivity index is 0.00000280. The smallest absolute Gasteiger partial charge is 0.193 e. The van der Waals surface area contributed by atoms with Gasteiger partial charge < -0.3 is 19.9 Å². The monoisotopic (exact) mass is 508 g/mol. The summed E-state index contributed by atoms with van der Waals surface area (Å²) in [5, 5.41) is 3.51. The van der Waals surface area contributed by atoms with Gasteiger partial charge in [0.15, 0.2) is 5.96 Å². The molecule has 1 heterocycles. The minimum atomic E-state index is -0.409. The maximum Gasteiger partial charge on any atom is 0.193 e. The van der Waals surface area contributed by atoms with E-state index < -0.39 is 5.82 Å².